The van der Waals surface area contributed by atoms with E-state index in [4.69, 9.17) is 0 Å². The van der Waals surface area contributed by atoms with Crippen molar-refractivity contribution >= 4 is 26.8 Å². The number of likely N-dealkylation sites (tertiary alicyclic amines) is 1. The number of amides is 1. The van der Waals surface area contributed by atoms with Crippen molar-refractivity contribution in [2.24, 2.45) is 7.05 Å². The van der Waals surface area contributed by atoms with E-state index in [1.807, 2.05) is 53.9 Å². The standard InChI is InChI=1S/C18H25N3O3S/c1-4-21(25(3,23)24)14-8-12-20(13-9-14)18(22)16-6-5-7-17-15(16)10-11-19(17)2/h5-7,10-11,14H,4,8-9,12-13H2,1-3H3. The van der Waals surface area contributed by atoms with Crippen LogP contribution in [-0.2, 0) is 17.1 Å². The molecule has 3 rings (SSSR count). The van der Waals surface area contributed by atoms with Crippen LogP contribution in [0.5, 0.6) is 0 Å². The third kappa shape index (κ3) is 3.43. The molecule has 1 saturated heterocycles. The average molecular weight is 363 g/mol. The number of nitrogens with zero attached hydrogens (tertiary/aromatic N) is 3. The second-order valence-corrected chi connectivity index (χ2v) is 8.59. The number of hydrogen-bond acceptors (Lipinski definition) is 3. The molecule has 0 spiro atoms. The van der Waals surface area contributed by atoms with Crippen LogP contribution in [0.15, 0.2) is 30.5 Å². The number of aromatic nitrogens is 1. The van der Waals surface area contributed by atoms with E-state index >= 15 is 0 Å². The van der Waals surface area contributed by atoms with E-state index in [9.17, 15) is 13.2 Å². The van der Waals surface area contributed by atoms with E-state index < -0.39 is 10.0 Å². The lowest BCUT2D eigenvalue weighted by atomic mass is 10.0. The molecule has 1 aromatic heterocycles. The number of hydrogen-bond donors (Lipinski definition) is 0. The molecule has 0 radical (unpaired) electrons. The molecule has 2 aromatic rings. The maximum absolute atomic E-state index is 13.0. The van der Waals surface area contributed by atoms with E-state index in [2.05, 4.69) is 0 Å². The van der Waals surface area contributed by atoms with Gasteiger partial charge in [0, 0.05) is 55.4 Å². The maximum atomic E-state index is 13.0. The Morgan fingerprint density at radius 2 is 1.92 bits per heavy atom. The number of carbonyl (C=O) groups excluding carboxylic acids is 1. The number of benzene rings is 1. The van der Waals surface area contributed by atoms with Crippen molar-refractivity contribution in [1.29, 1.82) is 0 Å². The molecule has 136 valence electrons. The number of sulfonamides is 1. The van der Waals surface area contributed by atoms with E-state index in [0.29, 0.717) is 38.0 Å². The Bertz CT molecular complexity index is 880. The van der Waals surface area contributed by atoms with Gasteiger partial charge >= 0.3 is 0 Å². The molecule has 1 fully saturated rings. The molecule has 1 aliphatic heterocycles. The largest absolute Gasteiger partial charge is 0.351 e. The van der Waals surface area contributed by atoms with E-state index in [0.717, 1.165) is 10.9 Å². The summed E-state index contributed by atoms with van der Waals surface area (Å²) in [4.78, 5) is 14.8. The van der Waals surface area contributed by atoms with Crippen LogP contribution >= 0.6 is 0 Å². The maximum Gasteiger partial charge on any atom is 0.254 e. The predicted octanol–water partition coefficient (Wildman–Crippen LogP) is 2.06. The lowest BCUT2D eigenvalue weighted by Crippen LogP contribution is -2.48. The van der Waals surface area contributed by atoms with Crippen LogP contribution in [0, 0.1) is 0 Å². The molecule has 0 saturated carbocycles. The van der Waals surface area contributed by atoms with Crippen molar-refractivity contribution in [3.05, 3.63) is 36.0 Å². The van der Waals surface area contributed by atoms with Gasteiger partial charge in [0.1, 0.15) is 0 Å². The van der Waals surface area contributed by atoms with Crippen LogP contribution in [-0.4, -0.2) is 60.0 Å². The summed E-state index contributed by atoms with van der Waals surface area (Å²) in [7, 11) is -1.24. The van der Waals surface area contributed by atoms with Gasteiger partial charge in [-0.05, 0) is 31.0 Å². The van der Waals surface area contributed by atoms with Crippen LogP contribution in [0.2, 0.25) is 0 Å². The second kappa shape index (κ2) is 6.80. The molecule has 0 unspecified atom stereocenters. The highest BCUT2D eigenvalue weighted by Gasteiger charge is 2.31. The van der Waals surface area contributed by atoms with Crippen molar-refractivity contribution in [3.63, 3.8) is 0 Å². The lowest BCUT2D eigenvalue weighted by molar-refractivity contribution is 0.0682. The molecule has 1 aliphatic rings. The summed E-state index contributed by atoms with van der Waals surface area (Å²) < 4.78 is 27.3. The van der Waals surface area contributed by atoms with Crippen LogP contribution < -0.4 is 0 Å². The number of carbonyl (C=O) groups is 1. The SMILES string of the molecule is CCN(C1CCN(C(=O)c2cccc3c2ccn3C)CC1)S(C)(=O)=O. The molecule has 0 aliphatic carbocycles. The van der Waals surface area contributed by atoms with Gasteiger partial charge in [-0.1, -0.05) is 13.0 Å². The smallest absolute Gasteiger partial charge is 0.254 e. The minimum atomic E-state index is -3.20. The van der Waals surface area contributed by atoms with Gasteiger partial charge in [-0.3, -0.25) is 4.79 Å². The molecule has 1 aromatic carbocycles. The molecular weight excluding hydrogens is 338 g/mol. The topological polar surface area (TPSA) is 62.6 Å². The van der Waals surface area contributed by atoms with Gasteiger partial charge in [0.25, 0.3) is 5.91 Å². The molecular formula is C18H25N3O3S. The van der Waals surface area contributed by atoms with Gasteiger partial charge in [-0.15, -0.1) is 0 Å². The number of aryl methyl sites for hydroxylation is 1. The van der Waals surface area contributed by atoms with Gasteiger partial charge in [-0.2, -0.15) is 4.31 Å². The van der Waals surface area contributed by atoms with Crippen molar-refractivity contribution < 1.29 is 13.2 Å². The van der Waals surface area contributed by atoms with Crippen LogP contribution in [0.4, 0.5) is 0 Å². The molecule has 6 nitrogen and oxygen atoms in total. The summed E-state index contributed by atoms with van der Waals surface area (Å²) in [5, 5.41) is 0.962. The molecule has 0 N–H and O–H groups in total. The fraction of sp³-hybridized carbons (Fsp3) is 0.500. The van der Waals surface area contributed by atoms with Crippen molar-refractivity contribution in [2.45, 2.75) is 25.8 Å². The third-order valence-electron chi connectivity index (χ3n) is 5.05. The second-order valence-electron chi connectivity index (χ2n) is 6.65. The van der Waals surface area contributed by atoms with Crippen LogP contribution in [0.25, 0.3) is 10.9 Å². The Morgan fingerprint density at radius 1 is 1.24 bits per heavy atom. The predicted molar refractivity (Wildman–Crippen MR) is 99.1 cm³/mol. The quantitative estimate of drug-likeness (QED) is 0.835. The number of fused-ring (bicyclic) bond motifs is 1. The first kappa shape index (κ1) is 17.9. The summed E-state index contributed by atoms with van der Waals surface area (Å²) in [6.07, 6.45) is 4.57. The van der Waals surface area contributed by atoms with E-state index in [-0.39, 0.29) is 11.9 Å². The van der Waals surface area contributed by atoms with E-state index in [1.165, 1.54) is 6.26 Å². The zero-order valence-corrected chi connectivity index (χ0v) is 15.8. The molecule has 0 bridgehead atoms. The van der Waals surface area contributed by atoms with Gasteiger partial charge < -0.3 is 9.47 Å². The highest BCUT2D eigenvalue weighted by atomic mass is 32.2. The lowest BCUT2D eigenvalue weighted by Gasteiger charge is -2.37. The summed E-state index contributed by atoms with van der Waals surface area (Å²) in [5.74, 6) is 0.0256. The fourth-order valence-electron chi connectivity index (χ4n) is 3.78. The zero-order valence-electron chi connectivity index (χ0n) is 15.0. The first-order valence-electron chi connectivity index (χ1n) is 8.63. The fourth-order valence-corrected chi connectivity index (χ4v) is 5.00. The molecule has 1 amide bonds. The minimum absolute atomic E-state index is 0.0171. The van der Waals surface area contributed by atoms with Crippen molar-refractivity contribution in [2.75, 3.05) is 25.9 Å². The molecule has 0 atom stereocenters. The van der Waals surface area contributed by atoms with Crippen molar-refractivity contribution in [3.8, 4) is 0 Å². The minimum Gasteiger partial charge on any atom is -0.351 e. The van der Waals surface area contributed by atoms with Crippen LogP contribution in [0.3, 0.4) is 0 Å². The van der Waals surface area contributed by atoms with Gasteiger partial charge in [-0.25, -0.2) is 8.42 Å². The molecule has 25 heavy (non-hydrogen) atoms. The average Bonchev–Trinajstić information content (AvgIpc) is 2.96. The van der Waals surface area contributed by atoms with Gasteiger partial charge in [0.15, 0.2) is 0 Å². The van der Waals surface area contributed by atoms with E-state index in [1.54, 1.807) is 4.31 Å². The monoisotopic (exact) mass is 363 g/mol. The molecule has 7 heteroatoms. The Labute approximate surface area is 149 Å². The Hall–Kier alpha value is -1.86. The molecule has 2 heterocycles. The first-order valence-corrected chi connectivity index (χ1v) is 10.5. The summed E-state index contributed by atoms with van der Waals surface area (Å²) in [6.45, 7) is 3.49. The summed E-state index contributed by atoms with van der Waals surface area (Å²) >= 11 is 0. The Morgan fingerprint density at radius 3 is 2.52 bits per heavy atom. The summed E-state index contributed by atoms with van der Waals surface area (Å²) in [5.41, 5.74) is 1.75. The van der Waals surface area contributed by atoms with Crippen molar-refractivity contribution in [1.82, 2.24) is 13.8 Å². The summed E-state index contributed by atoms with van der Waals surface area (Å²) in [6, 6.07) is 7.73. The van der Waals surface area contributed by atoms with Crippen LogP contribution in [0.1, 0.15) is 30.1 Å². The number of rotatable bonds is 4. The highest BCUT2D eigenvalue weighted by Crippen LogP contribution is 2.24. The van der Waals surface area contributed by atoms with Gasteiger partial charge in [0.2, 0.25) is 10.0 Å². The zero-order chi connectivity index (χ0) is 18.2. The number of piperidine rings is 1. The Kier molecular flexibility index (Phi) is 4.88. The van der Waals surface area contributed by atoms with Gasteiger partial charge in [0.05, 0.1) is 6.26 Å². The first-order chi connectivity index (χ1) is 11.8. The Balaban J connectivity index is 1.75. The third-order valence-corrected chi connectivity index (χ3v) is 6.46. The highest BCUT2D eigenvalue weighted by molar-refractivity contribution is 7.88. The normalized spacial score (nSPS) is 16.7.